The van der Waals surface area contributed by atoms with Crippen LogP contribution in [0.2, 0.25) is 5.02 Å². The average molecular weight is 763 g/mol. The van der Waals surface area contributed by atoms with Gasteiger partial charge in [0.15, 0.2) is 0 Å². The van der Waals surface area contributed by atoms with Crippen molar-refractivity contribution in [2.75, 3.05) is 57.3 Å². The summed E-state index contributed by atoms with van der Waals surface area (Å²) in [4.78, 5) is 21.1. The van der Waals surface area contributed by atoms with Crippen molar-refractivity contribution in [3.63, 3.8) is 0 Å². The fraction of sp³-hybridized carbons (Fsp3) is 0.595. The molecule has 0 radical (unpaired) electrons. The number of piperidine rings is 1. The van der Waals surface area contributed by atoms with Gasteiger partial charge in [-0.3, -0.25) is 14.6 Å². The fourth-order valence-corrected chi connectivity index (χ4v) is 11.9. The van der Waals surface area contributed by atoms with E-state index in [1.54, 1.807) is 19.1 Å². The number of rotatable bonds is 2. The van der Waals surface area contributed by atoms with Crippen LogP contribution in [0, 0.1) is 11.3 Å². The second-order valence-electron chi connectivity index (χ2n) is 17.3. The lowest BCUT2D eigenvalue weighted by Crippen LogP contribution is -2.63. The van der Waals surface area contributed by atoms with Gasteiger partial charge in [0, 0.05) is 61.3 Å². The van der Waals surface area contributed by atoms with Gasteiger partial charge in [0.1, 0.15) is 5.75 Å². The molecular formula is C42H55ClN4O5S. The zero-order valence-electron chi connectivity index (χ0n) is 31.3. The number of halogens is 1. The maximum atomic E-state index is 13.6. The summed E-state index contributed by atoms with van der Waals surface area (Å²) in [5.74, 6) is -0.0394. The molecule has 9 nitrogen and oxygen atoms in total. The smallest absolute Gasteiger partial charge is 0.264 e. The molecule has 1 amide bonds. The van der Waals surface area contributed by atoms with Gasteiger partial charge in [-0.15, -0.1) is 0 Å². The Labute approximate surface area is 320 Å². The number of benzene rings is 2. The third-order valence-corrected chi connectivity index (χ3v) is 15.7. The van der Waals surface area contributed by atoms with Crippen molar-refractivity contribution in [3.8, 4) is 5.75 Å². The van der Waals surface area contributed by atoms with Gasteiger partial charge in [-0.25, -0.2) is 13.1 Å². The van der Waals surface area contributed by atoms with Gasteiger partial charge in [-0.2, -0.15) is 0 Å². The number of aryl methyl sites for hydroxylation is 1. The number of anilines is 1. The number of carbonyl (C=O) groups is 1. The van der Waals surface area contributed by atoms with Gasteiger partial charge in [-0.05, 0) is 118 Å². The van der Waals surface area contributed by atoms with Crippen LogP contribution < -0.4 is 14.4 Å². The van der Waals surface area contributed by atoms with Gasteiger partial charge in [0.2, 0.25) is 10.0 Å². The quantitative estimate of drug-likeness (QED) is 0.355. The van der Waals surface area contributed by atoms with Crippen LogP contribution in [0.15, 0.2) is 60.7 Å². The minimum absolute atomic E-state index is 0.0366. The zero-order valence-corrected chi connectivity index (χ0v) is 32.9. The number of fused-ring (bicyclic) bond motifs is 5. The van der Waals surface area contributed by atoms with Crippen LogP contribution in [-0.2, 0) is 21.9 Å². The molecule has 1 unspecified atom stereocenters. The lowest BCUT2D eigenvalue weighted by atomic mass is 9.54. The largest absolute Gasteiger partial charge is 0.490 e. The number of nitrogens with one attached hydrogen (secondary N) is 1. The number of ether oxygens (including phenoxy) is 1. The Hall–Kier alpha value is -2.89. The SMILES string of the molecule is C=C1C/C=C/[C@](O)(CN2CCN3CCCC[C@@H]3C2)[C@@H]2CCC2(C)CN2C[C@@]3(CCCc4cc(Cl)ccc43)COc3ccc(cc32)C(=O)NS(=O)(=O)[C@@H]1C. The molecule has 1 saturated carbocycles. The van der Waals surface area contributed by atoms with Crippen LogP contribution in [-0.4, -0.2) is 98.5 Å². The minimum atomic E-state index is -4.08. The van der Waals surface area contributed by atoms with Crippen LogP contribution >= 0.6 is 11.6 Å². The van der Waals surface area contributed by atoms with Gasteiger partial charge >= 0.3 is 0 Å². The highest BCUT2D eigenvalue weighted by molar-refractivity contribution is 7.90. The molecule has 2 aliphatic carbocycles. The number of nitrogens with zero attached hydrogens (tertiary/aromatic N) is 3. The second kappa shape index (κ2) is 14.0. The topological polar surface area (TPSA) is 102 Å². The summed E-state index contributed by atoms with van der Waals surface area (Å²) in [5.41, 5.74) is 2.30. The molecule has 4 heterocycles. The first-order chi connectivity index (χ1) is 25.3. The van der Waals surface area contributed by atoms with Crippen molar-refractivity contribution in [2.24, 2.45) is 11.3 Å². The van der Waals surface area contributed by atoms with E-state index in [2.05, 4.69) is 45.1 Å². The number of β-amino-alcohol motifs (C(OH)–C–C–N with tert-alkyl or cyclic N) is 1. The van der Waals surface area contributed by atoms with E-state index in [9.17, 15) is 18.3 Å². The van der Waals surface area contributed by atoms with E-state index in [4.69, 9.17) is 16.3 Å². The first-order valence-corrected chi connectivity index (χ1v) is 21.6. The van der Waals surface area contributed by atoms with E-state index in [-0.39, 0.29) is 28.7 Å². The first kappa shape index (κ1) is 37.1. The highest BCUT2D eigenvalue weighted by Gasteiger charge is 2.55. The molecule has 53 heavy (non-hydrogen) atoms. The molecule has 6 aliphatic rings. The predicted octanol–water partition coefficient (Wildman–Crippen LogP) is 6.09. The monoisotopic (exact) mass is 762 g/mol. The number of allylic oxidation sites excluding steroid dienone is 1. The number of carbonyl (C=O) groups excluding carboxylic acids is 1. The van der Waals surface area contributed by atoms with E-state index in [0.717, 1.165) is 69.0 Å². The summed E-state index contributed by atoms with van der Waals surface area (Å²) in [5, 5.41) is 12.7. The summed E-state index contributed by atoms with van der Waals surface area (Å²) in [7, 11) is -4.08. The van der Waals surface area contributed by atoms with Crippen molar-refractivity contribution >= 4 is 33.2 Å². The molecule has 11 heteroatoms. The van der Waals surface area contributed by atoms with Crippen molar-refractivity contribution in [2.45, 2.75) is 93.9 Å². The van der Waals surface area contributed by atoms with Crippen molar-refractivity contribution in [3.05, 3.63) is 82.4 Å². The van der Waals surface area contributed by atoms with Crippen LogP contribution in [0.3, 0.4) is 0 Å². The Morgan fingerprint density at radius 3 is 2.72 bits per heavy atom. The molecule has 6 atom stereocenters. The van der Waals surface area contributed by atoms with E-state index in [0.29, 0.717) is 43.6 Å². The summed E-state index contributed by atoms with van der Waals surface area (Å²) < 4.78 is 36.1. The number of hydrogen-bond donors (Lipinski definition) is 2. The van der Waals surface area contributed by atoms with Crippen LogP contribution in [0.5, 0.6) is 5.75 Å². The van der Waals surface area contributed by atoms with Gasteiger partial charge < -0.3 is 14.7 Å². The van der Waals surface area contributed by atoms with Crippen LogP contribution in [0.4, 0.5) is 5.69 Å². The standard InChI is InChI=1S/C42H55ClN4O5S/c1-29-8-6-17-42(49,27-45-20-21-46-19-5-4-10-34(46)24-45)38-15-18-40(38,3)25-47-26-41(16-7-9-31-22-33(43)12-13-35(31)41)28-52-37-14-11-32(23-36(37)47)39(48)44-53(50,51)30(29)2/h6,11-14,17,22-23,30,34,38,49H,1,4-5,7-10,15-16,18-21,24-28H2,2-3H3,(H,44,48)/b17-6+/t30-,34-,38-,40?,41+,42+/m1/s1. The third kappa shape index (κ3) is 6.96. The summed E-state index contributed by atoms with van der Waals surface area (Å²) in [6, 6.07) is 12.0. The van der Waals surface area contributed by atoms with Crippen LogP contribution in [0.1, 0.15) is 86.7 Å². The van der Waals surface area contributed by atoms with E-state index < -0.39 is 26.8 Å². The highest BCUT2D eigenvalue weighted by Crippen LogP contribution is 2.55. The number of sulfonamides is 1. The molecule has 0 aromatic heterocycles. The Morgan fingerprint density at radius 2 is 1.91 bits per heavy atom. The van der Waals surface area contributed by atoms with Gasteiger partial charge in [0.25, 0.3) is 5.91 Å². The highest BCUT2D eigenvalue weighted by atomic mass is 35.5. The second-order valence-corrected chi connectivity index (χ2v) is 19.7. The van der Waals surface area contributed by atoms with Crippen molar-refractivity contribution < 1.29 is 23.1 Å². The number of aliphatic hydroxyl groups is 1. The fourth-order valence-electron chi connectivity index (χ4n) is 10.6. The predicted molar refractivity (Wildman–Crippen MR) is 210 cm³/mol. The summed E-state index contributed by atoms with van der Waals surface area (Å²) in [6.07, 6.45) is 12.6. The molecule has 3 fully saturated rings. The molecule has 2 saturated heterocycles. The summed E-state index contributed by atoms with van der Waals surface area (Å²) in [6.45, 7) is 14.4. The molecule has 2 aromatic carbocycles. The Kier molecular flexibility index (Phi) is 9.79. The lowest BCUT2D eigenvalue weighted by molar-refractivity contribution is -0.113. The zero-order chi connectivity index (χ0) is 37.2. The van der Waals surface area contributed by atoms with E-state index in [1.807, 2.05) is 24.3 Å². The molecule has 4 aliphatic heterocycles. The lowest BCUT2D eigenvalue weighted by Gasteiger charge is -2.57. The Bertz CT molecular complexity index is 1920. The molecular weight excluding hydrogens is 708 g/mol. The third-order valence-electron chi connectivity index (χ3n) is 13.8. The van der Waals surface area contributed by atoms with Gasteiger partial charge in [0.05, 0.1) is 23.1 Å². The number of piperazine rings is 1. The average Bonchev–Trinajstić information content (AvgIpc) is 3.26. The van der Waals surface area contributed by atoms with Crippen LogP contribution in [0.25, 0.3) is 0 Å². The minimum Gasteiger partial charge on any atom is -0.490 e. The Balaban J connectivity index is 1.20. The molecule has 2 bridgehead atoms. The number of hydrogen-bond acceptors (Lipinski definition) is 8. The van der Waals surface area contributed by atoms with E-state index in [1.165, 1.54) is 30.4 Å². The molecule has 286 valence electrons. The molecule has 1 spiro atoms. The summed E-state index contributed by atoms with van der Waals surface area (Å²) >= 11 is 6.50. The van der Waals surface area contributed by atoms with Crippen molar-refractivity contribution in [1.29, 1.82) is 0 Å². The molecule has 2 aromatic rings. The Morgan fingerprint density at radius 1 is 1.06 bits per heavy atom. The van der Waals surface area contributed by atoms with E-state index >= 15 is 0 Å². The molecule has 2 N–H and O–H groups in total. The molecule has 8 rings (SSSR count). The van der Waals surface area contributed by atoms with Crippen molar-refractivity contribution in [1.82, 2.24) is 14.5 Å². The normalized spacial score (nSPS) is 35.5. The number of amides is 1. The maximum Gasteiger partial charge on any atom is 0.264 e. The first-order valence-electron chi connectivity index (χ1n) is 19.7. The van der Waals surface area contributed by atoms with Gasteiger partial charge in [-0.1, -0.05) is 55.3 Å². The maximum absolute atomic E-state index is 13.6.